The van der Waals surface area contributed by atoms with Gasteiger partial charge in [-0.3, -0.25) is 9.48 Å². The third-order valence-corrected chi connectivity index (χ3v) is 5.74. The van der Waals surface area contributed by atoms with Crippen LogP contribution in [0.2, 0.25) is 0 Å². The highest BCUT2D eigenvalue weighted by Crippen LogP contribution is 2.48. The van der Waals surface area contributed by atoms with E-state index in [1.165, 1.54) is 12.8 Å². The molecule has 0 aromatic carbocycles. The van der Waals surface area contributed by atoms with Crippen LogP contribution in [0.25, 0.3) is 0 Å². The summed E-state index contributed by atoms with van der Waals surface area (Å²) in [4.78, 5) is 13.0. The molecule has 1 aromatic heterocycles. The van der Waals surface area contributed by atoms with Crippen molar-refractivity contribution in [3.8, 4) is 6.07 Å². The van der Waals surface area contributed by atoms with Crippen LogP contribution in [0, 0.1) is 16.7 Å². The van der Waals surface area contributed by atoms with E-state index >= 15 is 0 Å². The fourth-order valence-electron chi connectivity index (χ4n) is 4.59. The quantitative estimate of drug-likeness (QED) is 0.880. The molecule has 6 nitrogen and oxygen atoms in total. The Morgan fingerprint density at radius 2 is 2.08 bits per heavy atom. The van der Waals surface area contributed by atoms with Crippen LogP contribution in [-0.4, -0.2) is 15.6 Å². The number of rotatable bonds is 2. The van der Waals surface area contributed by atoms with Gasteiger partial charge in [-0.2, -0.15) is 10.4 Å². The molecule has 6 heteroatoms. The third kappa shape index (κ3) is 2.63. The standard InChI is InChI=1S/C20H24N4O2/c1-20(2)9-15(25)18-16(10-20)26-19(22)13(11-21)17(18)14-7-8-23-24(14)12-5-3-4-6-12/h7-8,12,17H,3-6,9-10,22H2,1-2H3/t17-/m0/s1. The van der Waals surface area contributed by atoms with Crippen molar-refractivity contribution in [3.05, 3.63) is 40.7 Å². The maximum atomic E-state index is 13.0. The van der Waals surface area contributed by atoms with Gasteiger partial charge in [0.05, 0.1) is 17.7 Å². The van der Waals surface area contributed by atoms with Gasteiger partial charge >= 0.3 is 0 Å². The number of allylic oxidation sites excluding steroid dienone is 3. The van der Waals surface area contributed by atoms with Crippen molar-refractivity contribution in [2.75, 3.05) is 0 Å². The van der Waals surface area contributed by atoms with Crippen LogP contribution in [-0.2, 0) is 9.53 Å². The molecule has 2 N–H and O–H groups in total. The summed E-state index contributed by atoms with van der Waals surface area (Å²) in [5.41, 5.74) is 7.70. The lowest BCUT2D eigenvalue weighted by molar-refractivity contribution is -0.119. The fourth-order valence-corrected chi connectivity index (χ4v) is 4.59. The zero-order chi connectivity index (χ0) is 18.5. The maximum absolute atomic E-state index is 13.0. The average Bonchev–Trinajstić information content (AvgIpc) is 3.23. The van der Waals surface area contributed by atoms with Crippen molar-refractivity contribution in [1.29, 1.82) is 5.26 Å². The van der Waals surface area contributed by atoms with Crippen molar-refractivity contribution >= 4 is 5.78 Å². The molecule has 3 aliphatic rings. The molecule has 0 bridgehead atoms. The predicted octanol–water partition coefficient (Wildman–Crippen LogP) is 3.45. The first kappa shape index (κ1) is 16.9. The summed E-state index contributed by atoms with van der Waals surface area (Å²) in [6.45, 7) is 4.10. The van der Waals surface area contributed by atoms with E-state index < -0.39 is 5.92 Å². The Labute approximate surface area is 153 Å². The number of nitrogens with zero attached hydrogens (tertiary/aromatic N) is 3. The molecule has 1 aromatic rings. The highest BCUT2D eigenvalue weighted by atomic mass is 16.5. The minimum absolute atomic E-state index is 0.0423. The number of nitriles is 1. The first-order chi connectivity index (χ1) is 12.4. The van der Waals surface area contributed by atoms with Gasteiger partial charge in [-0.1, -0.05) is 26.7 Å². The van der Waals surface area contributed by atoms with Gasteiger partial charge in [0.2, 0.25) is 5.88 Å². The zero-order valence-corrected chi connectivity index (χ0v) is 15.3. The summed E-state index contributed by atoms with van der Waals surface area (Å²) in [6.07, 6.45) is 7.36. The van der Waals surface area contributed by atoms with Crippen molar-refractivity contribution in [1.82, 2.24) is 9.78 Å². The number of hydrogen-bond acceptors (Lipinski definition) is 5. The van der Waals surface area contributed by atoms with Crippen LogP contribution in [0.3, 0.4) is 0 Å². The van der Waals surface area contributed by atoms with Crippen LogP contribution in [0.1, 0.15) is 70.0 Å². The number of carbonyl (C=O) groups excluding carboxylic acids is 1. The Kier molecular flexibility index (Phi) is 3.91. The van der Waals surface area contributed by atoms with E-state index in [-0.39, 0.29) is 17.1 Å². The van der Waals surface area contributed by atoms with E-state index in [2.05, 4.69) is 25.0 Å². The second-order valence-electron chi connectivity index (χ2n) is 8.34. The minimum Gasteiger partial charge on any atom is -0.444 e. The van der Waals surface area contributed by atoms with Gasteiger partial charge in [0, 0.05) is 24.6 Å². The Morgan fingerprint density at radius 1 is 1.35 bits per heavy atom. The molecule has 2 heterocycles. The van der Waals surface area contributed by atoms with Crippen molar-refractivity contribution in [2.24, 2.45) is 11.1 Å². The monoisotopic (exact) mass is 352 g/mol. The molecular formula is C20H24N4O2. The summed E-state index contributed by atoms with van der Waals surface area (Å²) < 4.78 is 7.76. The maximum Gasteiger partial charge on any atom is 0.205 e. The Balaban J connectivity index is 1.85. The molecule has 136 valence electrons. The second kappa shape index (κ2) is 6.01. The largest absolute Gasteiger partial charge is 0.444 e. The summed E-state index contributed by atoms with van der Waals surface area (Å²) >= 11 is 0. The molecule has 2 aliphatic carbocycles. The lowest BCUT2D eigenvalue weighted by atomic mass is 9.71. The number of aromatic nitrogens is 2. The van der Waals surface area contributed by atoms with E-state index in [0.717, 1.165) is 18.5 Å². The number of Topliss-reactive ketones (excluding diaryl/α,β-unsaturated/α-hetero) is 1. The molecule has 1 atom stereocenters. The Morgan fingerprint density at radius 3 is 2.77 bits per heavy atom. The van der Waals surface area contributed by atoms with Crippen LogP contribution < -0.4 is 5.73 Å². The second-order valence-corrected chi connectivity index (χ2v) is 8.34. The molecule has 0 radical (unpaired) electrons. The number of hydrogen-bond donors (Lipinski definition) is 1. The number of ketones is 1. The lowest BCUT2D eigenvalue weighted by Gasteiger charge is -2.37. The lowest BCUT2D eigenvalue weighted by Crippen LogP contribution is -2.34. The first-order valence-corrected chi connectivity index (χ1v) is 9.28. The molecule has 1 fully saturated rings. The summed E-state index contributed by atoms with van der Waals surface area (Å²) in [5, 5.41) is 14.3. The highest BCUT2D eigenvalue weighted by Gasteiger charge is 2.44. The predicted molar refractivity (Wildman–Crippen MR) is 95.4 cm³/mol. The van der Waals surface area contributed by atoms with E-state index in [9.17, 15) is 10.1 Å². The normalized spacial score (nSPS) is 25.9. The van der Waals surface area contributed by atoms with E-state index in [1.807, 2.05) is 10.7 Å². The molecule has 26 heavy (non-hydrogen) atoms. The Hall–Kier alpha value is -2.55. The zero-order valence-electron chi connectivity index (χ0n) is 15.3. The van der Waals surface area contributed by atoms with Crippen LogP contribution in [0.15, 0.2) is 35.1 Å². The smallest absolute Gasteiger partial charge is 0.205 e. The number of nitrogens with two attached hydrogens (primary N) is 1. The van der Waals surface area contributed by atoms with Gasteiger partial charge in [-0.15, -0.1) is 0 Å². The first-order valence-electron chi connectivity index (χ1n) is 9.28. The molecule has 1 aliphatic heterocycles. The topological polar surface area (TPSA) is 93.9 Å². The van der Waals surface area contributed by atoms with Gasteiger partial charge in [-0.05, 0) is 24.3 Å². The van der Waals surface area contributed by atoms with Gasteiger partial charge in [0.15, 0.2) is 5.78 Å². The number of carbonyl (C=O) groups is 1. The summed E-state index contributed by atoms with van der Waals surface area (Å²) in [5.74, 6) is 0.295. The van der Waals surface area contributed by atoms with Gasteiger partial charge in [0.1, 0.15) is 17.4 Å². The molecular weight excluding hydrogens is 328 g/mol. The van der Waals surface area contributed by atoms with Crippen molar-refractivity contribution in [2.45, 2.75) is 64.3 Å². The summed E-state index contributed by atoms with van der Waals surface area (Å²) in [6, 6.07) is 4.42. The summed E-state index contributed by atoms with van der Waals surface area (Å²) in [7, 11) is 0. The number of ether oxygens (including phenoxy) is 1. The van der Waals surface area contributed by atoms with Crippen molar-refractivity contribution < 1.29 is 9.53 Å². The van der Waals surface area contributed by atoms with Gasteiger partial charge in [0.25, 0.3) is 0 Å². The van der Waals surface area contributed by atoms with E-state index in [1.54, 1.807) is 6.20 Å². The van der Waals surface area contributed by atoms with Crippen molar-refractivity contribution in [3.63, 3.8) is 0 Å². The van der Waals surface area contributed by atoms with Crippen LogP contribution in [0.5, 0.6) is 0 Å². The molecule has 0 unspecified atom stereocenters. The SMILES string of the molecule is CC1(C)CC(=O)C2=C(C1)OC(N)=C(C#N)[C@H]2c1ccnn1C1CCCC1. The molecule has 1 saturated carbocycles. The molecule has 4 rings (SSSR count). The van der Waals surface area contributed by atoms with Crippen LogP contribution >= 0.6 is 0 Å². The molecule has 0 saturated heterocycles. The van der Waals surface area contributed by atoms with E-state index in [0.29, 0.717) is 35.8 Å². The highest BCUT2D eigenvalue weighted by molar-refractivity contribution is 5.99. The van der Waals surface area contributed by atoms with Gasteiger partial charge < -0.3 is 10.5 Å². The third-order valence-electron chi connectivity index (χ3n) is 5.74. The average molecular weight is 352 g/mol. The van der Waals surface area contributed by atoms with Crippen LogP contribution in [0.4, 0.5) is 0 Å². The minimum atomic E-state index is -0.476. The van der Waals surface area contributed by atoms with Gasteiger partial charge in [-0.25, -0.2) is 0 Å². The van der Waals surface area contributed by atoms with E-state index in [4.69, 9.17) is 10.5 Å². The molecule has 0 spiro atoms. The fraction of sp³-hybridized carbons (Fsp3) is 0.550. The molecule has 0 amide bonds. The Bertz CT molecular complexity index is 863.